The Bertz CT molecular complexity index is 774. The zero-order chi connectivity index (χ0) is 39.9. The van der Waals surface area contributed by atoms with Crippen molar-refractivity contribution < 1.29 is 19.1 Å². The van der Waals surface area contributed by atoms with Crippen LogP contribution in [0.1, 0.15) is 246 Å². The molecule has 0 aromatic rings. The first-order valence-electron chi connectivity index (χ1n) is 24.8. The Balaban J connectivity index is 2.35. The summed E-state index contributed by atoms with van der Waals surface area (Å²) >= 11 is 0. The molecule has 1 N–H and O–H groups in total. The second kappa shape index (κ2) is 39.7. The lowest BCUT2D eigenvalue weighted by atomic mass is 9.95. The first-order chi connectivity index (χ1) is 27.0. The zero-order valence-electron chi connectivity index (χ0n) is 37.6. The number of hydrogen-bond acceptors (Lipinski definition) is 6. The number of ether oxygens (including phenoxy) is 2. The standard InChI is InChI=1S/C49H96N2O4/c1-5-9-13-17-19-25-33-45(31-23-15-11-7-3)43-54-48(52)35-27-21-29-41-51(47-37-39-50-40-38-47)42-30-22-28-36-49(53)55-44-46(32-24-16-12-8-4)34-26-20-18-14-10-6-2/h45-47,50H,5-44H2,1-4H3. The third-order valence-electron chi connectivity index (χ3n) is 12.3. The van der Waals surface area contributed by atoms with Gasteiger partial charge in [-0.3, -0.25) is 9.59 Å². The summed E-state index contributed by atoms with van der Waals surface area (Å²) in [5, 5.41) is 3.53. The molecule has 55 heavy (non-hydrogen) atoms. The van der Waals surface area contributed by atoms with E-state index in [1.54, 1.807) is 0 Å². The Morgan fingerprint density at radius 3 is 1.18 bits per heavy atom. The maximum atomic E-state index is 12.7. The lowest BCUT2D eigenvalue weighted by Crippen LogP contribution is -2.44. The maximum Gasteiger partial charge on any atom is 0.305 e. The summed E-state index contributed by atoms with van der Waals surface area (Å²) < 4.78 is 11.7. The van der Waals surface area contributed by atoms with E-state index in [-0.39, 0.29) is 11.9 Å². The van der Waals surface area contributed by atoms with Gasteiger partial charge in [-0.05, 0) is 102 Å². The Morgan fingerprint density at radius 1 is 0.473 bits per heavy atom. The first-order valence-corrected chi connectivity index (χ1v) is 24.8. The molecular formula is C49H96N2O4. The van der Waals surface area contributed by atoms with E-state index in [4.69, 9.17) is 9.47 Å². The number of esters is 2. The average molecular weight is 777 g/mol. The summed E-state index contributed by atoms with van der Waals surface area (Å²) in [5.74, 6) is 1.09. The van der Waals surface area contributed by atoms with Crippen LogP contribution in [0.4, 0.5) is 0 Å². The van der Waals surface area contributed by atoms with Gasteiger partial charge in [-0.1, -0.05) is 169 Å². The molecule has 6 heteroatoms. The Hall–Kier alpha value is -1.14. The van der Waals surface area contributed by atoms with Crippen molar-refractivity contribution in [3.63, 3.8) is 0 Å². The molecule has 2 atom stereocenters. The Morgan fingerprint density at radius 2 is 0.800 bits per heavy atom. The third-order valence-corrected chi connectivity index (χ3v) is 12.3. The molecular weight excluding hydrogens is 681 g/mol. The number of nitrogens with zero attached hydrogens (tertiary/aromatic N) is 1. The molecule has 0 spiro atoms. The van der Waals surface area contributed by atoms with E-state index in [1.807, 2.05) is 0 Å². The van der Waals surface area contributed by atoms with Crippen molar-refractivity contribution in [2.45, 2.75) is 252 Å². The Kier molecular flexibility index (Phi) is 37.4. The van der Waals surface area contributed by atoms with Gasteiger partial charge in [0.15, 0.2) is 0 Å². The van der Waals surface area contributed by atoms with Crippen molar-refractivity contribution in [1.82, 2.24) is 10.2 Å². The van der Waals surface area contributed by atoms with Crippen LogP contribution in [0.5, 0.6) is 0 Å². The highest BCUT2D eigenvalue weighted by atomic mass is 16.5. The summed E-state index contributed by atoms with van der Waals surface area (Å²) in [6.07, 6.45) is 40.9. The molecule has 326 valence electrons. The van der Waals surface area contributed by atoms with E-state index in [0.29, 0.717) is 43.9 Å². The van der Waals surface area contributed by atoms with Crippen LogP contribution >= 0.6 is 0 Å². The minimum atomic E-state index is 0.00976. The van der Waals surface area contributed by atoms with Crippen molar-refractivity contribution in [3.05, 3.63) is 0 Å². The SMILES string of the molecule is CCCCCCCCC(CCCCCC)COC(=O)CCCCCN(CCCCCC(=O)OCC(CCCCCC)CCCCCCCC)C1CCNCC1. The van der Waals surface area contributed by atoms with Gasteiger partial charge in [0.25, 0.3) is 0 Å². The van der Waals surface area contributed by atoms with Gasteiger partial charge in [0, 0.05) is 18.9 Å². The predicted molar refractivity (Wildman–Crippen MR) is 237 cm³/mol. The number of carbonyl (C=O) groups is 2. The van der Waals surface area contributed by atoms with Crippen LogP contribution in [0, 0.1) is 11.8 Å². The second-order valence-electron chi connectivity index (χ2n) is 17.5. The van der Waals surface area contributed by atoms with E-state index in [2.05, 4.69) is 37.9 Å². The number of rotatable bonds is 41. The largest absolute Gasteiger partial charge is 0.465 e. The molecule has 0 aliphatic carbocycles. The summed E-state index contributed by atoms with van der Waals surface area (Å²) in [4.78, 5) is 28.1. The molecule has 0 aromatic heterocycles. The highest BCUT2D eigenvalue weighted by Crippen LogP contribution is 2.22. The maximum absolute atomic E-state index is 12.7. The van der Waals surface area contributed by atoms with Gasteiger partial charge in [-0.25, -0.2) is 0 Å². The van der Waals surface area contributed by atoms with Crippen molar-refractivity contribution in [2.75, 3.05) is 39.4 Å². The molecule has 1 saturated heterocycles. The van der Waals surface area contributed by atoms with Gasteiger partial charge in [0.05, 0.1) is 13.2 Å². The number of hydrogen-bond donors (Lipinski definition) is 1. The van der Waals surface area contributed by atoms with Crippen molar-refractivity contribution >= 4 is 11.9 Å². The fraction of sp³-hybridized carbons (Fsp3) is 0.959. The number of nitrogens with one attached hydrogen (secondary N) is 1. The van der Waals surface area contributed by atoms with Crippen molar-refractivity contribution in [3.8, 4) is 0 Å². The molecule has 1 heterocycles. The molecule has 1 rings (SSSR count). The molecule has 1 aliphatic heterocycles. The summed E-state index contributed by atoms with van der Waals surface area (Å²) in [7, 11) is 0. The molecule has 0 radical (unpaired) electrons. The molecule has 0 saturated carbocycles. The van der Waals surface area contributed by atoms with Crippen LogP contribution in [0.15, 0.2) is 0 Å². The number of piperidine rings is 1. The Labute approximate surface area is 343 Å². The average Bonchev–Trinajstić information content (AvgIpc) is 3.20. The van der Waals surface area contributed by atoms with Crippen molar-refractivity contribution in [2.24, 2.45) is 11.8 Å². The van der Waals surface area contributed by atoms with Crippen LogP contribution in [0.25, 0.3) is 0 Å². The zero-order valence-corrected chi connectivity index (χ0v) is 37.6. The van der Waals surface area contributed by atoms with Crippen LogP contribution in [0.2, 0.25) is 0 Å². The highest BCUT2D eigenvalue weighted by Gasteiger charge is 2.21. The monoisotopic (exact) mass is 777 g/mol. The van der Waals surface area contributed by atoms with Gasteiger partial charge in [-0.2, -0.15) is 0 Å². The van der Waals surface area contributed by atoms with E-state index >= 15 is 0 Å². The minimum absolute atomic E-state index is 0.00976. The van der Waals surface area contributed by atoms with Crippen LogP contribution in [0.3, 0.4) is 0 Å². The fourth-order valence-electron chi connectivity index (χ4n) is 8.51. The van der Waals surface area contributed by atoms with Crippen LogP contribution in [-0.2, 0) is 19.1 Å². The van der Waals surface area contributed by atoms with E-state index < -0.39 is 0 Å². The molecule has 6 nitrogen and oxygen atoms in total. The first kappa shape index (κ1) is 51.9. The van der Waals surface area contributed by atoms with Crippen LogP contribution in [-0.4, -0.2) is 62.3 Å². The van der Waals surface area contributed by atoms with E-state index in [1.165, 1.54) is 167 Å². The smallest absolute Gasteiger partial charge is 0.305 e. The number of unbranched alkanes of at least 4 members (excludes halogenated alkanes) is 20. The third kappa shape index (κ3) is 32.5. The lowest BCUT2D eigenvalue weighted by Gasteiger charge is -2.34. The minimum Gasteiger partial charge on any atom is -0.465 e. The van der Waals surface area contributed by atoms with E-state index in [0.717, 1.165) is 64.7 Å². The molecule has 0 bridgehead atoms. The van der Waals surface area contributed by atoms with Gasteiger partial charge >= 0.3 is 11.9 Å². The molecule has 0 amide bonds. The summed E-state index contributed by atoms with van der Waals surface area (Å²) in [6.45, 7) is 14.8. The second-order valence-corrected chi connectivity index (χ2v) is 17.5. The molecule has 0 aromatic carbocycles. The van der Waals surface area contributed by atoms with Gasteiger partial charge in [-0.15, -0.1) is 0 Å². The highest BCUT2D eigenvalue weighted by molar-refractivity contribution is 5.69. The molecule has 1 aliphatic rings. The molecule has 1 fully saturated rings. The van der Waals surface area contributed by atoms with Crippen LogP contribution < -0.4 is 5.32 Å². The summed E-state index contributed by atoms with van der Waals surface area (Å²) in [6, 6.07) is 0.651. The fourth-order valence-corrected chi connectivity index (χ4v) is 8.51. The van der Waals surface area contributed by atoms with Gasteiger partial charge < -0.3 is 19.7 Å². The number of carbonyl (C=O) groups excluding carboxylic acids is 2. The predicted octanol–water partition coefficient (Wildman–Crippen LogP) is 13.9. The topological polar surface area (TPSA) is 67.9 Å². The van der Waals surface area contributed by atoms with Crippen molar-refractivity contribution in [1.29, 1.82) is 0 Å². The van der Waals surface area contributed by atoms with Gasteiger partial charge in [0.2, 0.25) is 0 Å². The van der Waals surface area contributed by atoms with Gasteiger partial charge in [0.1, 0.15) is 0 Å². The summed E-state index contributed by atoms with van der Waals surface area (Å²) in [5.41, 5.74) is 0. The van der Waals surface area contributed by atoms with E-state index in [9.17, 15) is 9.59 Å². The normalized spacial score (nSPS) is 14.7. The lowest BCUT2D eigenvalue weighted by molar-refractivity contribution is -0.146. The molecule has 2 unspecified atom stereocenters. The quantitative estimate of drug-likeness (QED) is 0.0493.